The van der Waals surface area contributed by atoms with Crippen molar-refractivity contribution in [2.45, 2.75) is 69.5 Å². The van der Waals surface area contributed by atoms with E-state index in [0.29, 0.717) is 30.1 Å². The van der Waals surface area contributed by atoms with Crippen molar-refractivity contribution in [3.63, 3.8) is 0 Å². The molecule has 1 aromatic rings. The van der Waals surface area contributed by atoms with E-state index >= 15 is 0 Å². The SMILES string of the molecule is O=C(CCCC1C(=O)N(C23CC4CC5CC(C2)C54C3)C(=O)N1Cc1ccccn1)NO. The predicted octanol–water partition coefficient (Wildman–Crippen LogP) is 2.47. The quantitative estimate of drug-likeness (QED) is 0.398. The highest BCUT2D eigenvalue weighted by Crippen LogP contribution is 2.83. The maximum Gasteiger partial charge on any atom is 0.328 e. The smallest absolute Gasteiger partial charge is 0.306 e. The molecular weight excluding hydrogens is 396 g/mol. The molecule has 2 heterocycles. The minimum absolute atomic E-state index is 0.110. The van der Waals surface area contributed by atoms with Crippen LogP contribution in [0.25, 0.3) is 0 Å². The van der Waals surface area contributed by atoms with Crippen molar-refractivity contribution in [2.75, 3.05) is 0 Å². The summed E-state index contributed by atoms with van der Waals surface area (Å²) in [4.78, 5) is 46.5. The highest BCUT2D eigenvalue weighted by atomic mass is 16.5. The molecule has 1 spiro atoms. The molecule has 164 valence electrons. The van der Waals surface area contributed by atoms with Crippen LogP contribution in [0.5, 0.6) is 0 Å². The molecule has 0 radical (unpaired) electrons. The predicted molar refractivity (Wildman–Crippen MR) is 108 cm³/mol. The lowest BCUT2D eigenvalue weighted by Crippen LogP contribution is -2.60. The van der Waals surface area contributed by atoms with E-state index in [1.807, 2.05) is 18.2 Å². The summed E-state index contributed by atoms with van der Waals surface area (Å²) in [5, 5.41) is 8.76. The third kappa shape index (κ3) is 2.45. The number of nitrogens with zero attached hydrogens (tertiary/aromatic N) is 3. The van der Waals surface area contributed by atoms with Gasteiger partial charge in [0.2, 0.25) is 5.91 Å². The summed E-state index contributed by atoms with van der Waals surface area (Å²) in [6, 6.07) is 4.80. The van der Waals surface area contributed by atoms with Crippen LogP contribution in [0.4, 0.5) is 4.79 Å². The summed E-state index contributed by atoms with van der Waals surface area (Å²) < 4.78 is 0. The molecule has 1 aliphatic heterocycles. The Balaban J connectivity index is 1.27. The van der Waals surface area contributed by atoms with Gasteiger partial charge in [0.05, 0.1) is 17.8 Å². The average Bonchev–Trinajstić information content (AvgIpc) is 3.31. The second-order valence-electron chi connectivity index (χ2n) is 10.3. The number of rotatable bonds is 7. The molecule has 1 saturated heterocycles. The molecular formula is C23H28N4O4. The number of imide groups is 1. The van der Waals surface area contributed by atoms with Crippen molar-refractivity contribution in [1.82, 2.24) is 20.3 Å². The molecule has 4 amide bonds. The lowest BCUT2D eigenvalue weighted by Gasteiger charge is -2.66. The molecule has 3 atom stereocenters. The van der Waals surface area contributed by atoms with Crippen LogP contribution in [0.15, 0.2) is 24.4 Å². The molecule has 2 bridgehead atoms. The van der Waals surface area contributed by atoms with Gasteiger partial charge in [0.25, 0.3) is 5.91 Å². The normalized spacial score (nSPS) is 39.4. The molecule has 8 nitrogen and oxygen atoms in total. The number of carbonyl (C=O) groups excluding carboxylic acids is 3. The Morgan fingerprint density at radius 2 is 1.97 bits per heavy atom. The number of aromatic nitrogens is 1. The number of fused-ring (bicyclic) bond motifs is 1. The van der Waals surface area contributed by atoms with Crippen molar-refractivity contribution in [1.29, 1.82) is 0 Å². The van der Waals surface area contributed by atoms with Crippen LogP contribution in [-0.4, -0.2) is 49.4 Å². The van der Waals surface area contributed by atoms with E-state index in [9.17, 15) is 14.4 Å². The van der Waals surface area contributed by atoms with Crippen LogP contribution in [0.1, 0.15) is 57.1 Å². The Hall–Kier alpha value is -2.48. The van der Waals surface area contributed by atoms with E-state index in [1.54, 1.807) is 21.5 Å². The highest BCUT2D eigenvalue weighted by molar-refractivity contribution is 6.05. The number of urea groups is 1. The van der Waals surface area contributed by atoms with Gasteiger partial charge >= 0.3 is 6.03 Å². The van der Waals surface area contributed by atoms with E-state index < -0.39 is 11.9 Å². The number of hydrogen-bond donors (Lipinski definition) is 2. The van der Waals surface area contributed by atoms with Crippen LogP contribution >= 0.6 is 0 Å². The van der Waals surface area contributed by atoms with Gasteiger partial charge in [0.1, 0.15) is 6.04 Å². The summed E-state index contributed by atoms with van der Waals surface area (Å²) in [5.74, 6) is 1.59. The highest BCUT2D eigenvalue weighted by Gasteiger charge is 2.80. The van der Waals surface area contributed by atoms with E-state index in [4.69, 9.17) is 5.21 Å². The van der Waals surface area contributed by atoms with Crippen molar-refractivity contribution in [2.24, 2.45) is 23.2 Å². The Bertz CT molecular complexity index is 934. The molecule has 4 aliphatic carbocycles. The molecule has 2 N–H and O–H groups in total. The largest absolute Gasteiger partial charge is 0.328 e. The van der Waals surface area contributed by atoms with Crippen LogP contribution in [0, 0.1) is 23.2 Å². The summed E-state index contributed by atoms with van der Waals surface area (Å²) >= 11 is 0. The number of carbonyl (C=O) groups is 3. The van der Waals surface area contributed by atoms with Crippen molar-refractivity contribution < 1.29 is 19.6 Å². The first kappa shape index (κ1) is 19.2. The Kier molecular flexibility index (Phi) is 4.04. The van der Waals surface area contributed by atoms with Gasteiger partial charge in [-0.05, 0) is 80.2 Å². The number of pyridine rings is 1. The van der Waals surface area contributed by atoms with Gasteiger partial charge in [-0.25, -0.2) is 10.3 Å². The maximum absolute atomic E-state index is 13.7. The molecule has 5 fully saturated rings. The minimum atomic E-state index is -0.583. The Morgan fingerprint density at radius 1 is 1.19 bits per heavy atom. The zero-order valence-corrected chi connectivity index (χ0v) is 17.5. The van der Waals surface area contributed by atoms with Gasteiger partial charge in [-0.3, -0.25) is 24.7 Å². The first-order valence-corrected chi connectivity index (χ1v) is 11.5. The third-order valence-electron chi connectivity index (χ3n) is 9.16. The summed E-state index contributed by atoms with van der Waals surface area (Å²) in [7, 11) is 0. The molecule has 3 unspecified atom stereocenters. The zero-order chi connectivity index (χ0) is 21.4. The van der Waals surface area contributed by atoms with Crippen molar-refractivity contribution in [3.8, 4) is 0 Å². The zero-order valence-electron chi connectivity index (χ0n) is 17.5. The fraction of sp³-hybridized carbons (Fsp3) is 0.652. The molecule has 0 aromatic carbocycles. The molecule has 1 aromatic heterocycles. The first-order chi connectivity index (χ1) is 15.0. The van der Waals surface area contributed by atoms with Crippen molar-refractivity contribution in [3.05, 3.63) is 30.1 Å². The fourth-order valence-electron chi connectivity index (χ4n) is 8.01. The van der Waals surface area contributed by atoms with Gasteiger partial charge in [-0.15, -0.1) is 0 Å². The second-order valence-corrected chi connectivity index (χ2v) is 10.3. The minimum Gasteiger partial charge on any atom is -0.306 e. The van der Waals surface area contributed by atoms with Crippen LogP contribution in [0.3, 0.4) is 0 Å². The van der Waals surface area contributed by atoms with Crippen LogP contribution < -0.4 is 5.48 Å². The maximum atomic E-state index is 13.7. The van der Waals surface area contributed by atoms with Gasteiger partial charge in [-0.1, -0.05) is 6.07 Å². The summed E-state index contributed by atoms with van der Waals surface area (Å²) in [6.07, 6.45) is 8.10. The van der Waals surface area contributed by atoms with Crippen LogP contribution in [0.2, 0.25) is 0 Å². The van der Waals surface area contributed by atoms with E-state index in [2.05, 4.69) is 4.98 Å². The number of nitrogens with one attached hydrogen (secondary N) is 1. The lowest BCUT2D eigenvalue weighted by atomic mass is 9.38. The fourth-order valence-corrected chi connectivity index (χ4v) is 8.01. The van der Waals surface area contributed by atoms with Gasteiger partial charge < -0.3 is 4.90 Å². The monoisotopic (exact) mass is 424 g/mol. The Morgan fingerprint density at radius 3 is 2.58 bits per heavy atom. The topological polar surface area (TPSA) is 103 Å². The standard InChI is InChI=1S/C23H28N4O4/c28-19(25-31)6-3-5-18-20(29)27(21(30)26(18)12-17-4-1-2-7-24-17)22-10-15-8-14-9-16(11-22)23(14,15)13-22/h1-2,4,7,14-16,18,31H,3,5-6,8-13H2,(H,25,28). The summed E-state index contributed by atoms with van der Waals surface area (Å²) in [6.45, 7) is 0.287. The van der Waals surface area contributed by atoms with Gasteiger partial charge in [-0.2, -0.15) is 0 Å². The Labute approximate surface area is 180 Å². The lowest BCUT2D eigenvalue weighted by molar-refractivity contribution is -0.177. The average molecular weight is 425 g/mol. The van der Waals surface area contributed by atoms with Gasteiger partial charge in [0, 0.05) is 12.6 Å². The number of amides is 4. The molecule has 5 aliphatic rings. The van der Waals surface area contributed by atoms with Crippen LogP contribution in [-0.2, 0) is 16.1 Å². The second kappa shape index (κ2) is 6.51. The van der Waals surface area contributed by atoms with E-state index in [0.717, 1.165) is 30.9 Å². The van der Waals surface area contributed by atoms with Gasteiger partial charge in [0.15, 0.2) is 0 Å². The first-order valence-electron chi connectivity index (χ1n) is 11.5. The molecule has 31 heavy (non-hydrogen) atoms. The molecule has 8 heteroatoms. The molecule has 4 saturated carbocycles. The third-order valence-corrected chi connectivity index (χ3v) is 9.16. The summed E-state index contributed by atoms with van der Waals surface area (Å²) in [5.41, 5.74) is 2.49. The van der Waals surface area contributed by atoms with E-state index in [1.165, 1.54) is 12.8 Å². The van der Waals surface area contributed by atoms with Crippen molar-refractivity contribution >= 4 is 17.8 Å². The molecule has 6 rings (SSSR count). The van der Waals surface area contributed by atoms with E-state index in [-0.39, 0.29) is 30.4 Å². The number of hydrogen-bond acceptors (Lipinski definition) is 5. The number of hydroxylamine groups is 1.